The summed E-state index contributed by atoms with van der Waals surface area (Å²) in [6, 6.07) is 3.78. The number of methoxy groups -OCH3 is 3. The fraction of sp³-hybridized carbons (Fsp3) is 0.400. The number of benzene rings is 1. The highest BCUT2D eigenvalue weighted by molar-refractivity contribution is 5.61. The quantitative estimate of drug-likeness (QED) is 0.883. The van der Waals surface area contributed by atoms with Gasteiger partial charge in [0, 0.05) is 18.9 Å². The van der Waals surface area contributed by atoms with Crippen LogP contribution in [-0.4, -0.2) is 36.0 Å². The van der Waals surface area contributed by atoms with Gasteiger partial charge in [-0.2, -0.15) is 0 Å². The van der Waals surface area contributed by atoms with Crippen molar-refractivity contribution in [3.05, 3.63) is 35.9 Å². The number of ether oxygens (including phenoxy) is 3. The smallest absolute Gasteiger partial charge is 0.152 e. The van der Waals surface area contributed by atoms with E-state index < -0.39 is 0 Å². The lowest BCUT2D eigenvalue weighted by Gasteiger charge is -2.20. The molecule has 6 nitrogen and oxygen atoms in total. The summed E-state index contributed by atoms with van der Waals surface area (Å²) in [6.07, 6.45) is 3.24. The van der Waals surface area contributed by atoms with E-state index in [2.05, 4.69) is 4.98 Å². The SMILES string of the molecule is COc1ccc(C(C)OC)c(OC)c1-n1cnc(CO)c1. The van der Waals surface area contributed by atoms with E-state index in [0.29, 0.717) is 17.2 Å². The zero-order valence-corrected chi connectivity index (χ0v) is 12.7. The van der Waals surface area contributed by atoms with Crippen LogP contribution in [0, 0.1) is 0 Å². The number of hydrogen-bond donors (Lipinski definition) is 1. The van der Waals surface area contributed by atoms with Crippen LogP contribution in [0.3, 0.4) is 0 Å². The van der Waals surface area contributed by atoms with Crippen LogP contribution in [0.25, 0.3) is 5.69 Å². The number of hydrogen-bond acceptors (Lipinski definition) is 5. The molecule has 1 N–H and O–H groups in total. The van der Waals surface area contributed by atoms with Crippen molar-refractivity contribution in [2.75, 3.05) is 21.3 Å². The molecule has 0 radical (unpaired) electrons. The van der Waals surface area contributed by atoms with Crippen molar-refractivity contribution in [2.24, 2.45) is 0 Å². The van der Waals surface area contributed by atoms with E-state index in [-0.39, 0.29) is 12.7 Å². The Morgan fingerprint density at radius 1 is 1.24 bits per heavy atom. The van der Waals surface area contributed by atoms with Crippen LogP contribution < -0.4 is 9.47 Å². The number of aliphatic hydroxyl groups excluding tert-OH is 1. The summed E-state index contributed by atoms with van der Waals surface area (Å²) < 4.78 is 18.1. The van der Waals surface area contributed by atoms with E-state index >= 15 is 0 Å². The Labute approximate surface area is 123 Å². The third kappa shape index (κ3) is 2.86. The molecule has 1 heterocycles. The molecule has 1 atom stereocenters. The second kappa shape index (κ2) is 6.60. The van der Waals surface area contributed by atoms with Gasteiger partial charge < -0.3 is 19.3 Å². The molecule has 6 heteroatoms. The molecule has 0 aliphatic rings. The van der Waals surface area contributed by atoms with Gasteiger partial charge in [0.15, 0.2) is 5.75 Å². The van der Waals surface area contributed by atoms with E-state index in [1.165, 1.54) is 0 Å². The van der Waals surface area contributed by atoms with Crippen LogP contribution in [0.4, 0.5) is 0 Å². The first-order chi connectivity index (χ1) is 10.2. The molecule has 1 unspecified atom stereocenters. The molecule has 0 saturated heterocycles. The number of aliphatic hydroxyl groups is 1. The monoisotopic (exact) mass is 292 g/mol. The lowest BCUT2D eigenvalue weighted by molar-refractivity contribution is 0.117. The molecule has 0 amide bonds. The van der Waals surface area contributed by atoms with Crippen LogP contribution in [0.1, 0.15) is 24.3 Å². The van der Waals surface area contributed by atoms with E-state index in [9.17, 15) is 5.11 Å². The molecule has 21 heavy (non-hydrogen) atoms. The van der Waals surface area contributed by atoms with Gasteiger partial charge in [0.2, 0.25) is 0 Å². The predicted octanol–water partition coefficient (Wildman–Crippen LogP) is 2.09. The van der Waals surface area contributed by atoms with Crippen LogP contribution in [0.5, 0.6) is 11.5 Å². The Morgan fingerprint density at radius 3 is 2.52 bits per heavy atom. The van der Waals surface area contributed by atoms with Crippen molar-refractivity contribution >= 4 is 0 Å². The van der Waals surface area contributed by atoms with Gasteiger partial charge in [0.25, 0.3) is 0 Å². The standard InChI is InChI=1S/C15H20N2O4/c1-10(19-2)12-5-6-13(20-3)14(15(12)21-4)17-7-11(8-18)16-9-17/h5-7,9-10,18H,8H2,1-4H3. The van der Waals surface area contributed by atoms with Crippen LogP contribution in [-0.2, 0) is 11.3 Å². The van der Waals surface area contributed by atoms with Crippen molar-refractivity contribution in [2.45, 2.75) is 19.6 Å². The minimum Gasteiger partial charge on any atom is -0.494 e. The van der Waals surface area contributed by atoms with E-state index in [1.807, 2.05) is 19.1 Å². The molecule has 2 rings (SSSR count). The molecule has 1 aromatic heterocycles. The molecule has 1 aromatic carbocycles. The molecule has 2 aromatic rings. The summed E-state index contributed by atoms with van der Waals surface area (Å²) in [7, 11) is 4.85. The summed E-state index contributed by atoms with van der Waals surface area (Å²) >= 11 is 0. The van der Waals surface area contributed by atoms with Crippen molar-refractivity contribution in [1.82, 2.24) is 9.55 Å². The van der Waals surface area contributed by atoms with Crippen LogP contribution >= 0.6 is 0 Å². The first kappa shape index (κ1) is 15.3. The topological polar surface area (TPSA) is 65.7 Å². The van der Waals surface area contributed by atoms with Crippen LogP contribution in [0.2, 0.25) is 0 Å². The second-order valence-electron chi connectivity index (χ2n) is 4.55. The summed E-state index contributed by atoms with van der Waals surface area (Å²) in [5.41, 5.74) is 2.22. The van der Waals surface area contributed by atoms with E-state index in [4.69, 9.17) is 14.2 Å². The Hall–Kier alpha value is -2.05. The fourth-order valence-corrected chi connectivity index (χ4v) is 2.21. The predicted molar refractivity (Wildman–Crippen MR) is 78.0 cm³/mol. The van der Waals surface area contributed by atoms with Gasteiger partial charge in [-0.25, -0.2) is 4.98 Å². The van der Waals surface area contributed by atoms with Gasteiger partial charge in [0.05, 0.1) is 39.0 Å². The average molecular weight is 292 g/mol. The molecule has 0 bridgehead atoms. The Bertz CT molecular complexity index is 610. The lowest BCUT2D eigenvalue weighted by atomic mass is 10.1. The maximum Gasteiger partial charge on any atom is 0.152 e. The molecule has 0 saturated carbocycles. The maximum absolute atomic E-state index is 9.17. The Balaban J connectivity index is 2.65. The number of nitrogens with zero attached hydrogens (tertiary/aromatic N) is 2. The van der Waals surface area contributed by atoms with Gasteiger partial charge in [-0.3, -0.25) is 4.57 Å². The molecule has 0 aliphatic carbocycles. The van der Waals surface area contributed by atoms with Crippen molar-refractivity contribution in [3.63, 3.8) is 0 Å². The maximum atomic E-state index is 9.17. The van der Waals surface area contributed by atoms with Gasteiger partial charge in [-0.1, -0.05) is 0 Å². The molecule has 0 fully saturated rings. The third-order valence-corrected chi connectivity index (χ3v) is 3.40. The summed E-state index contributed by atoms with van der Waals surface area (Å²) in [6.45, 7) is 1.83. The molecular formula is C15H20N2O4. The summed E-state index contributed by atoms with van der Waals surface area (Å²) in [5.74, 6) is 1.31. The van der Waals surface area contributed by atoms with Crippen molar-refractivity contribution in [3.8, 4) is 17.2 Å². The van der Waals surface area contributed by atoms with Gasteiger partial charge in [-0.15, -0.1) is 0 Å². The lowest BCUT2D eigenvalue weighted by Crippen LogP contribution is -2.06. The van der Waals surface area contributed by atoms with Crippen LogP contribution in [0.15, 0.2) is 24.7 Å². The van der Waals surface area contributed by atoms with Crippen molar-refractivity contribution < 1.29 is 19.3 Å². The normalized spacial score (nSPS) is 12.2. The summed E-state index contributed by atoms with van der Waals surface area (Å²) in [4.78, 5) is 4.13. The molecule has 0 spiro atoms. The Kier molecular flexibility index (Phi) is 4.82. The number of rotatable bonds is 6. The molecular weight excluding hydrogens is 272 g/mol. The first-order valence-corrected chi connectivity index (χ1v) is 6.58. The van der Waals surface area contributed by atoms with E-state index in [1.54, 1.807) is 38.4 Å². The minimum absolute atomic E-state index is 0.119. The third-order valence-electron chi connectivity index (χ3n) is 3.40. The minimum atomic E-state index is -0.120. The first-order valence-electron chi connectivity index (χ1n) is 6.58. The largest absolute Gasteiger partial charge is 0.494 e. The molecule has 0 aliphatic heterocycles. The summed E-state index contributed by atoms with van der Waals surface area (Å²) in [5, 5.41) is 9.17. The van der Waals surface area contributed by atoms with Gasteiger partial charge in [0.1, 0.15) is 11.4 Å². The van der Waals surface area contributed by atoms with Crippen molar-refractivity contribution in [1.29, 1.82) is 0 Å². The van der Waals surface area contributed by atoms with E-state index in [0.717, 1.165) is 11.3 Å². The van der Waals surface area contributed by atoms with Gasteiger partial charge >= 0.3 is 0 Å². The number of imidazole rings is 1. The van der Waals surface area contributed by atoms with Gasteiger partial charge in [-0.05, 0) is 19.1 Å². The zero-order valence-electron chi connectivity index (χ0n) is 12.7. The second-order valence-corrected chi connectivity index (χ2v) is 4.55. The Morgan fingerprint density at radius 2 is 2.00 bits per heavy atom. The highest BCUT2D eigenvalue weighted by Crippen LogP contribution is 2.39. The average Bonchev–Trinajstić information content (AvgIpc) is 3.01. The highest BCUT2D eigenvalue weighted by Gasteiger charge is 2.20. The number of aromatic nitrogens is 2. The fourth-order valence-electron chi connectivity index (χ4n) is 2.21. The zero-order chi connectivity index (χ0) is 15.4. The highest BCUT2D eigenvalue weighted by atomic mass is 16.5. The molecule has 114 valence electrons.